The van der Waals surface area contributed by atoms with E-state index in [0.717, 1.165) is 38.2 Å². The van der Waals surface area contributed by atoms with E-state index in [-0.39, 0.29) is 30.0 Å². The standard InChI is InChI=1S/C17H21F3N4O2.ClH/c18-17(19,20)13-6-3-11(15-23-24-16(25)26-15)9-14(13)22-8-7-10-1-4-12(21)5-2-10;/h3,6,9-10,12,22H,1-2,4-5,7-8,21H2,(H,24,25);1H. The molecule has 0 unspecified atom stereocenters. The third kappa shape index (κ3) is 5.49. The van der Waals surface area contributed by atoms with E-state index in [4.69, 9.17) is 10.2 Å². The molecule has 0 saturated heterocycles. The Morgan fingerprint density at radius 3 is 2.56 bits per heavy atom. The van der Waals surface area contributed by atoms with Gasteiger partial charge >= 0.3 is 11.9 Å². The maximum atomic E-state index is 13.3. The van der Waals surface area contributed by atoms with Crippen molar-refractivity contribution in [1.29, 1.82) is 0 Å². The molecule has 0 bridgehead atoms. The fourth-order valence-electron chi connectivity index (χ4n) is 3.31. The van der Waals surface area contributed by atoms with Gasteiger partial charge in [0.2, 0.25) is 5.89 Å². The molecule has 1 aliphatic rings. The van der Waals surface area contributed by atoms with E-state index in [1.807, 2.05) is 0 Å². The highest BCUT2D eigenvalue weighted by atomic mass is 35.5. The molecule has 1 heterocycles. The van der Waals surface area contributed by atoms with E-state index in [1.54, 1.807) is 0 Å². The van der Waals surface area contributed by atoms with Crippen LogP contribution in [0.4, 0.5) is 18.9 Å². The molecular weight excluding hydrogens is 385 g/mol. The van der Waals surface area contributed by atoms with Crippen LogP contribution in [0, 0.1) is 5.92 Å². The Morgan fingerprint density at radius 1 is 1.26 bits per heavy atom. The van der Waals surface area contributed by atoms with Crippen molar-refractivity contribution >= 4 is 18.1 Å². The number of benzene rings is 1. The van der Waals surface area contributed by atoms with Crippen LogP contribution < -0.4 is 16.8 Å². The summed E-state index contributed by atoms with van der Waals surface area (Å²) in [7, 11) is 0. The van der Waals surface area contributed by atoms with Crippen LogP contribution in [0.15, 0.2) is 27.4 Å². The smallest absolute Gasteiger partial charge is 0.388 e. The van der Waals surface area contributed by atoms with Gasteiger partial charge < -0.3 is 15.5 Å². The highest BCUT2D eigenvalue weighted by Gasteiger charge is 2.34. The first-order valence-corrected chi connectivity index (χ1v) is 8.59. The number of nitrogens with two attached hydrogens (primary N) is 1. The lowest BCUT2D eigenvalue weighted by Crippen LogP contribution is -2.27. The number of hydrogen-bond donors (Lipinski definition) is 3. The van der Waals surface area contributed by atoms with Crippen LogP contribution in [0.5, 0.6) is 0 Å². The molecule has 6 nitrogen and oxygen atoms in total. The van der Waals surface area contributed by atoms with E-state index >= 15 is 0 Å². The average molecular weight is 407 g/mol. The Balaban J connectivity index is 0.00000261. The van der Waals surface area contributed by atoms with Gasteiger partial charge in [-0.2, -0.15) is 13.2 Å². The molecule has 1 aliphatic carbocycles. The molecule has 1 fully saturated rings. The number of anilines is 1. The summed E-state index contributed by atoms with van der Waals surface area (Å²) >= 11 is 0. The third-order valence-corrected chi connectivity index (χ3v) is 4.77. The summed E-state index contributed by atoms with van der Waals surface area (Å²) in [5.74, 6) is -0.331. The van der Waals surface area contributed by atoms with Crippen LogP contribution in [0.25, 0.3) is 11.5 Å². The van der Waals surface area contributed by atoms with E-state index in [2.05, 4.69) is 15.5 Å². The van der Waals surface area contributed by atoms with Crippen molar-refractivity contribution in [2.45, 2.75) is 44.3 Å². The van der Waals surface area contributed by atoms with Crippen LogP contribution in [-0.2, 0) is 6.18 Å². The van der Waals surface area contributed by atoms with E-state index < -0.39 is 17.5 Å². The summed E-state index contributed by atoms with van der Waals surface area (Å²) in [6.07, 6.45) is 0.246. The van der Waals surface area contributed by atoms with Gasteiger partial charge in [0.25, 0.3) is 0 Å². The van der Waals surface area contributed by atoms with Crippen molar-refractivity contribution in [3.63, 3.8) is 0 Å². The highest BCUT2D eigenvalue weighted by molar-refractivity contribution is 5.85. The van der Waals surface area contributed by atoms with Crippen LogP contribution in [0.3, 0.4) is 0 Å². The predicted molar refractivity (Wildman–Crippen MR) is 97.8 cm³/mol. The van der Waals surface area contributed by atoms with Gasteiger partial charge in [-0.05, 0) is 56.2 Å². The summed E-state index contributed by atoms with van der Waals surface area (Å²) in [4.78, 5) is 11.1. The number of alkyl halides is 3. The van der Waals surface area contributed by atoms with Gasteiger partial charge in [0, 0.05) is 23.8 Å². The monoisotopic (exact) mass is 406 g/mol. The van der Waals surface area contributed by atoms with Gasteiger partial charge in [0.1, 0.15) is 0 Å². The summed E-state index contributed by atoms with van der Waals surface area (Å²) in [5.41, 5.74) is 5.36. The minimum absolute atomic E-state index is 0. The Bertz CT molecular complexity index is 798. The zero-order valence-corrected chi connectivity index (χ0v) is 15.3. The molecule has 0 atom stereocenters. The molecule has 3 rings (SSSR count). The molecule has 0 amide bonds. The Kier molecular flexibility index (Phi) is 6.94. The summed E-state index contributed by atoms with van der Waals surface area (Å²) in [6.45, 7) is 0.428. The van der Waals surface area contributed by atoms with Gasteiger partial charge in [0.05, 0.1) is 5.56 Å². The zero-order chi connectivity index (χ0) is 18.7. The first kappa shape index (κ1) is 21.3. The summed E-state index contributed by atoms with van der Waals surface area (Å²) in [5, 5.41) is 8.64. The number of aromatic nitrogens is 2. The molecule has 0 radical (unpaired) electrons. The lowest BCUT2D eigenvalue weighted by Gasteiger charge is -2.26. The summed E-state index contributed by atoms with van der Waals surface area (Å²) in [6, 6.07) is 3.75. The quantitative estimate of drug-likeness (QED) is 0.702. The maximum Gasteiger partial charge on any atom is 0.434 e. The molecule has 4 N–H and O–H groups in total. The van der Waals surface area contributed by atoms with E-state index in [0.29, 0.717) is 18.0 Å². The van der Waals surface area contributed by atoms with E-state index in [1.165, 1.54) is 12.1 Å². The second-order valence-electron chi connectivity index (χ2n) is 6.67. The third-order valence-electron chi connectivity index (χ3n) is 4.77. The number of nitrogens with zero attached hydrogens (tertiary/aromatic N) is 1. The first-order valence-electron chi connectivity index (χ1n) is 8.59. The van der Waals surface area contributed by atoms with Crippen molar-refractivity contribution in [3.05, 3.63) is 34.3 Å². The summed E-state index contributed by atoms with van der Waals surface area (Å²) < 4.78 is 44.6. The van der Waals surface area contributed by atoms with Crippen molar-refractivity contribution in [1.82, 2.24) is 10.2 Å². The van der Waals surface area contributed by atoms with E-state index in [9.17, 15) is 18.0 Å². The minimum Gasteiger partial charge on any atom is -0.388 e. The van der Waals surface area contributed by atoms with Crippen LogP contribution in [-0.4, -0.2) is 22.8 Å². The van der Waals surface area contributed by atoms with Crippen LogP contribution in [0.1, 0.15) is 37.7 Å². The average Bonchev–Trinajstić information content (AvgIpc) is 3.02. The molecule has 150 valence electrons. The number of H-pyrrole nitrogens is 1. The van der Waals surface area contributed by atoms with Gasteiger partial charge in [-0.15, -0.1) is 17.5 Å². The Hall–Kier alpha value is -2.00. The highest BCUT2D eigenvalue weighted by Crippen LogP contribution is 2.37. The fraction of sp³-hybridized carbons (Fsp3) is 0.529. The van der Waals surface area contributed by atoms with Crippen molar-refractivity contribution in [2.75, 3.05) is 11.9 Å². The van der Waals surface area contributed by atoms with Gasteiger partial charge in [0.15, 0.2) is 0 Å². The molecule has 1 saturated carbocycles. The number of rotatable bonds is 5. The second kappa shape index (κ2) is 8.79. The topological polar surface area (TPSA) is 96.9 Å². The second-order valence-corrected chi connectivity index (χ2v) is 6.67. The SMILES string of the molecule is Cl.NC1CCC(CCNc2cc(-c3n[nH]c(=O)o3)ccc2C(F)(F)F)CC1. The van der Waals surface area contributed by atoms with Gasteiger partial charge in [-0.3, -0.25) is 0 Å². The van der Waals surface area contributed by atoms with Crippen molar-refractivity contribution < 1.29 is 17.6 Å². The lowest BCUT2D eigenvalue weighted by atomic mass is 9.84. The molecular formula is C17H22ClF3N4O2. The number of halogens is 4. The van der Waals surface area contributed by atoms with Crippen LogP contribution in [0.2, 0.25) is 0 Å². The van der Waals surface area contributed by atoms with Gasteiger partial charge in [-0.1, -0.05) is 0 Å². The lowest BCUT2D eigenvalue weighted by molar-refractivity contribution is -0.136. The Labute approximate surface area is 160 Å². The molecule has 1 aromatic carbocycles. The van der Waals surface area contributed by atoms with Crippen molar-refractivity contribution in [2.24, 2.45) is 11.7 Å². The molecule has 2 aromatic rings. The normalized spacial score (nSPS) is 20.1. The maximum absolute atomic E-state index is 13.3. The first-order chi connectivity index (χ1) is 12.3. The largest absolute Gasteiger partial charge is 0.434 e. The van der Waals surface area contributed by atoms with Gasteiger partial charge in [-0.25, -0.2) is 9.89 Å². The number of aromatic amines is 1. The Morgan fingerprint density at radius 2 is 1.96 bits per heavy atom. The zero-order valence-electron chi connectivity index (χ0n) is 14.5. The number of nitrogens with one attached hydrogen (secondary N) is 2. The molecule has 10 heteroatoms. The molecule has 1 aromatic heterocycles. The molecule has 0 aliphatic heterocycles. The fourth-order valence-corrected chi connectivity index (χ4v) is 3.31. The minimum atomic E-state index is -4.48. The molecule has 27 heavy (non-hydrogen) atoms. The predicted octanol–water partition coefficient (Wildman–Crippen LogP) is 3.79. The van der Waals surface area contributed by atoms with Crippen LogP contribution >= 0.6 is 12.4 Å². The van der Waals surface area contributed by atoms with Crippen molar-refractivity contribution in [3.8, 4) is 11.5 Å². The number of hydrogen-bond acceptors (Lipinski definition) is 5. The molecule has 0 spiro atoms.